The molecular weight excluding hydrogens is 168 g/mol. The summed E-state index contributed by atoms with van der Waals surface area (Å²) in [5.41, 5.74) is 0. The van der Waals surface area contributed by atoms with Gasteiger partial charge in [0.25, 0.3) is 0 Å². The minimum atomic E-state index is -0.292. The first-order chi connectivity index (χ1) is 6.17. The summed E-state index contributed by atoms with van der Waals surface area (Å²) in [7, 11) is 0. The van der Waals surface area contributed by atoms with Gasteiger partial charge >= 0.3 is 5.97 Å². The lowest BCUT2D eigenvalue weighted by molar-refractivity contribution is -0.149. The first kappa shape index (κ1) is 12.4. The van der Waals surface area contributed by atoms with Crippen LogP contribution in [0, 0.1) is 0 Å². The molecule has 0 fully saturated rings. The van der Waals surface area contributed by atoms with Crippen molar-refractivity contribution in [3.63, 3.8) is 0 Å². The standard InChI is InChI=1S/C9H20N2O2/c1-4-7-11(10)8(5-2)9(12)13-6-3/h8H,4-7,10H2,1-3H3. The van der Waals surface area contributed by atoms with Crippen molar-refractivity contribution in [1.29, 1.82) is 0 Å². The quantitative estimate of drug-likeness (QED) is 0.382. The van der Waals surface area contributed by atoms with E-state index in [9.17, 15) is 4.79 Å². The van der Waals surface area contributed by atoms with E-state index >= 15 is 0 Å². The van der Waals surface area contributed by atoms with Crippen LogP contribution in [0.4, 0.5) is 0 Å². The maximum absolute atomic E-state index is 11.3. The molecule has 1 unspecified atom stereocenters. The monoisotopic (exact) mass is 188 g/mol. The van der Waals surface area contributed by atoms with Gasteiger partial charge in [0.15, 0.2) is 0 Å². The minimum Gasteiger partial charge on any atom is -0.465 e. The molecule has 0 rings (SSSR count). The van der Waals surface area contributed by atoms with Gasteiger partial charge in [-0.25, -0.2) is 5.01 Å². The highest BCUT2D eigenvalue weighted by atomic mass is 16.5. The number of ether oxygens (including phenoxy) is 1. The second kappa shape index (κ2) is 6.86. The van der Waals surface area contributed by atoms with Crippen molar-refractivity contribution >= 4 is 5.97 Å². The lowest BCUT2D eigenvalue weighted by atomic mass is 10.2. The van der Waals surface area contributed by atoms with Gasteiger partial charge < -0.3 is 4.74 Å². The first-order valence-corrected chi connectivity index (χ1v) is 4.85. The SMILES string of the molecule is CCCN(N)C(CC)C(=O)OCC. The van der Waals surface area contributed by atoms with Gasteiger partial charge in [-0.1, -0.05) is 13.8 Å². The summed E-state index contributed by atoms with van der Waals surface area (Å²) in [6, 6.07) is -0.292. The molecule has 0 saturated carbocycles. The molecule has 0 amide bonds. The average molecular weight is 188 g/mol. The Hall–Kier alpha value is -0.610. The molecule has 0 bridgehead atoms. The van der Waals surface area contributed by atoms with Crippen molar-refractivity contribution < 1.29 is 9.53 Å². The van der Waals surface area contributed by atoms with Gasteiger partial charge in [-0.2, -0.15) is 0 Å². The van der Waals surface area contributed by atoms with Crippen molar-refractivity contribution in [2.75, 3.05) is 13.2 Å². The largest absolute Gasteiger partial charge is 0.465 e. The predicted molar refractivity (Wildman–Crippen MR) is 51.9 cm³/mol. The zero-order valence-corrected chi connectivity index (χ0v) is 8.75. The smallest absolute Gasteiger partial charge is 0.324 e. The molecule has 4 heteroatoms. The molecule has 0 spiro atoms. The van der Waals surface area contributed by atoms with Crippen LogP contribution < -0.4 is 5.84 Å². The minimum absolute atomic E-state index is 0.221. The summed E-state index contributed by atoms with van der Waals surface area (Å²) in [6.45, 7) is 6.88. The second-order valence-corrected chi connectivity index (χ2v) is 2.91. The third-order valence-corrected chi connectivity index (χ3v) is 1.83. The van der Waals surface area contributed by atoms with E-state index in [2.05, 4.69) is 0 Å². The molecule has 2 N–H and O–H groups in total. The first-order valence-electron chi connectivity index (χ1n) is 4.85. The molecule has 0 heterocycles. The van der Waals surface area contributed by atoms with Gasteiger partial charge in [0, 0.05) is 6.54 Å². The van der Waals surface area contributed by atoms with E-state index in [-0.39, 0.29) is 12.0 Å². The van der Waals surface area contributed by atoms with E-state index in [1.54, 1.807) is 11.9 Å². The van der Waals surface area contributed by atoms with Gasteiger partial charge in [0.2, 0.25) is 0 Å². The van der Waals surface area contributed by atoms with Crippen LogP contribution in [0.5, 0.6) is 0 Å². The van der Waals surface area contributed by atoms with Crippen LogP contribution in [0.3, 0.4) is 0 Å². The molecule has 0 aliphatic heterocycles. The van der Waals surface area contributed by atoms with Gasteiger partial charge in [0.05, 0.1) is 6.61 Å². The molecule has 0 radical (unpaired) electrons. The molecule has 0 aliphatic rings. The van der Waals surface area contributed by atoms with Crippen LogP contribution in [0.1, 0.15) is 33.6 Å². The summed E-state index contributed by atoms with van der Waals surface area (Å²) in [4.78, 5) is 11.3. The second-order valence-electron chi connectivity index (χ2n) is 2.91. The number of carbonyl (C=O) groups excluding carboxylic acids is 1. The Morgan fingerprint density at radius 3 is 2.46 bits per heavy atom. The van der Waals surface area contributed by atoms with Crippen molar-refractivity contribution in [3.8, 4) is 0 Å². The van der Waals surface area contributed by atoms with Gasteiger partial charge in [-0.3, -0.25) is 10.6 Å². The molecule has 13 heavy (non-hydrogen) atoms. The van der Waals surface area contributed by atoms with Gasteiger partial charge in [-0.15, -0.1) is 0 Å². The van der Waals surface area contributed by atoms with E-state index in [0.29, 0.717) is 13.0 Å². The van der Waals surface area contributed by atoms with Gasteiger partial charge in [0.1, 0.15) is 6.04 Å². The summed E-state index contributed by atoms with van der Waals surface area (Å²) < 4.78 is 4.90. The van der Waals surface area contributed by atoms with Crippen LogP contribution in [0.25, 0.3) is 0 Å². The summed E-state index contributed by atoms with van der Waals surface area (Å²) in [5.74, 6) is 5.48. The number of carbonyl (C=O) groups is 1. The fourth-order valence-electron chi connectivity index (χ4n) is 1.19. The fraction of sp³-hybridized carbons (Fsp3) is 0.889. The fourth-order valence-corrected chi connectivity index (χ4v) is 1.19. The molecule has 1 atom stereocenters. The normalized spacial score (nSPS) is 13.0. The zero-order valence-electron chi connectivity index (χ0n) is 8.75. The highest BCUT2D eigenvalue weighted by Gasteiger charge is 2.22. The molecule has 0 aromatic heterocycles. The number of esters is 1. The summed E-state index contributed by atoms with van der Waals surface area (Å²) >= 11 is 0. The van der Waals surface area contributed by atoms with Crippen LogP contribution in [0.2, 0.25) is 0 Å². The van der Waals surface area contributed by atoms with Crippen molar-refractivity contribution in [3.05, 3.63) is 0 Å². The Kier molecular flexibility index (Phi) is 6.54. The van der Waals surface area contributed by atoms with E-state index in [0.717, 1.165) is 13.0 Å². The number of nitrogens with zero attached hydrogens (tertiary/aromatic N) is 1. The molecule has 4 nitrogen and oxygen atoms in total. The third kappa shape index (κ3) is 4.24. The lowest BCUT2D eigenvalue weighted by Gasteiger charge is -2.23. The van der Waals surface area contributed by atoms with Crippen molar-refractivity contribution in [2.45, 2.75) is 39.7 Å². The molecule has 0 aromatic carbocycles. The number of hydrazine groups is 1. The predicted octanol–water partition coefficient (Wildman–Crippen LogP) is 0.914. The van der Waals surface area contributed by atoms with Crippen LogP contribution in [-0.2, 0) is 9.53 Å². The Labute approximate surface area is 80.0 Å². The highest BCUT2D eigenvalue weighted by molar-refractivity contribution is 5.75. The maximum Gasteiger partial charge on any atom is 0.324 e. The molecular formula is C9H20N2O2. The maximum atomic E-state index is 11.3. The van der Waals surface area contributed by atoms with Crippen molar-refractivity contribution in [2.24, 2.45) is 5.84 Å². The molecule has 0 aromatic rings. The number of nitrogens with two attached hydrogens (primary N) is 1. The zero-order chi connectivity index (χ0) is 10.3. The number of hydrogen-bond acceptors (Lipinski definition) is 4. The van der Waals surface area contributed by atoms with Crippen LogP contribution in [0.15, 0.2) is 0 Å². The lowest BCUT2D eigenvalue weighted by Crippen LogP contribution is -2.46. The topological polar surface area (TPSA) is 55.6 Å². The van der Waals surface area contributed by atoms with E-state index < -0.39 is 0 Å². The summed E-state index contributed by atoms with van der Waals surface area (Å²) in [5, 5.41) is 1.55. The molecule has 0 aliphatic carbocycles. The van der Waals surface area contributed by atoms with Gasteiger partial charge in [-0.05, 0) is 19.8 Å². The van der Waals surface area contributed by atoms with Crippen molar-refractivity contribution in [1.82, 2.24) is 5.01 Å². The van der Waals surface area contributed by atoms with Crippen LogP contribution >= 0.6 is 0 Å². The van der Waals surface area contributed by atoms with E-state index in [4.69, 9.17) is 10.6 Å². The Morgan fingerprint density at radius 2 is 2.08 bits per heavy atom. The third-order valence-electron chi connectivity index (χ3n) is 1.83. The average Bonchev–Trinajstić information content (AvgIpc) is 2.06. The Morgan fingerprint density at radius 1 is 1.46 bits per heavy atom. The van der Waals surface area contributed by atoms with Crippen LogP contribution in [-0.4, -0.2) is 30.2 Å². The summed E-state index contributed by atoms with van der Waals surface area (Å²) in [6.07, 6.45) is 1.63. The number of rotatable bonds is 6. The molecule has 0 saturated heterocycles. The highest BCUT2D eigenvalue weighted by Crippen LogP contribution is 2.02. The van der Waals surface area contributed by atoms with E-state index in [1.807, 2.05) is 13.8 Å². The Balaban J connectivity index is 4.06. The van der Waals surface area contributed by atoms with E-state index in [1.165, 1.54) is 0 Å². The molecule has 78 valence electrons. The Bertz CT molecular complexity index is 151. The number of hydrogen-bond donors (Lipinski definition) is 1.